The molecule has 0 aromatic rings. The second-order valence-electron chi connectivity index (χ2n) is 2.55. The van der Waals surface area contributed by atoms with Crippen LogP contribution in [0.5, 0.6) is 0 Å². The Morgan fingerprint density at radius 1 is 1.50 bits per heavy atom. The Kier molecular flexibility index (Phi) is 3.41. The van der Waals surface area contributed by atoms with Crippen LogP contribution in [0.1, 0.15) is 19.8 Å². The minimum absolute atomic E-state index is 0. The summed E-state index contributed by atoms with van der Waals surface area (Å²) >= 11 is 0. The standard InChI is InChI=1S/C6H13N.ClH/c1-5-2-3-6(5)4-7;/h5-6H,2-4,7H2,1H3;1H/t5-,6+;/m1./s1. The Balaban J connectivity index is 0.000000490. The van der Waals surface area contributed by atoms with Crippen molar-refractivity contribution in [2.24, 2.45) is 17.6 Å². The molecule has 1 saturated carbocycles. The van der Waals surface area contributed by atoms with Crippen LogP contribution in [0.3, 0.4) is 0 Å². The van der Waals surface area contributed by atoms with Gasteiger partial charge in [0.05, 0.1) is 0 Å². The zero-order chi connectivity index (χ0) is 5.28. The van der Waals surface area contributed by atoms with Gasteiger partial charge in [-0.25, -0.2) is 0 Å². The van der Waals surface area contributed by atoms with Gasteiger partial charge in [0, 0.05) is 0 Å². The molecule has 2 heteroatoms. The summed E-state index contributed by atoms with van der Waals surface area (Å²) in [7, 11) is 0. The van der Waals surface area contributed by atoms with Crippen LogP contribution in [0.4, 0.5) is 0 Å². The maximum absolute atomic E-state index is 5.42. The monoisotopic (exact) mass is 135 g/mol. The van der Waals surface area contributed by atoms with Crippen LogP contribution in [0.15, 0.2) is 0 Å². The molecule has 0 bridgehead atoms. The minimum Gasteiger partial charge on any atom is -0.330 e. The largest absolute Gasteiger partial charge is 0.330 e. The zero-order valence-corrected chi connectivity index (χ0v) is 6.08. The molecule has 0 spiro atoms. The van der Waals surface area contributed by atoms with Crippen molar-refractivity contribution in [2.75, 3.05) is 6.54 Å². The molecule has 2 atom stereocenters. The third-order valence-electron chi connectivity index (χ3n) is 2.10. The molecule has 1 nitrogen and oxygen atoms in total. The van der Waals surface area contributed by atoms with Crippen LogP contribution < -0.4 is 5.73 Å². The van der Waals surface area contributed by atoms with Gasteiger partial charge in [-0.05, 0) is 24.8 Å². The Morgan fingerprint density at radius 2 is 2.12 bits per heavy atom. The maximum Gasteiger partial charge on any atom is -0.00463 e. The molecule has 1 rings (SSSR count). The minimum atomic E-state index is 0. The quantitative estimate of drug-likeness (QED) is 0.578. The molecule has 50 valence electrons. The summed E-state index contributed by atoms with van der Waals surface area (Å²) in [5.41, 5.74) is 5.42. The van der Waals surface area contributed by atoms with Gasteiger partial charge in [-0.2, -0.15) is 0 Å². The molecule has 1 fully saturated rings. The molecule has 8 heavy (non-hydrogen) atoms. The van der Waals surface area contributed by atoms with E-state index in [1.54, 1.807) is 0 Å². The van der Waals surface area contributed by atoms with E-state index >= 15 is 0 Å². The summed E-state index contributed by atoms with van der Waals surface area (Å²) in [5, 5.41) is 0. The molecule has 0 unspecified atom stereocenters. The van der Waals surface area contributed by atoms with E-state index in [4.69, 9.17) is 5.73 Å². The van der Waals surface area contributed by atoms with Crippen LogP contribution in [-0.2, 0) is 0 Å². The Morgan fingerprint density at radius 3 is 2.12 bits per heavy atom. The normalized spacial score (nSPS) is 35.2. The third-order valence-corrected chi connectivity index (χ3v) is 2.10. The van der Waals surface area contributed by atoms with Crippen LogP contribution >= 0.6 is 12.4 Å². The first kappa shape index (κ1) is 8.25. The number of hydrogen-bond acceptors (Lipinski definition) is 1. The van der Waals surface area contributed by atoms with Gasteiger partial charge in [-0.15, -0.1) is 12.4 Å². The fourth-order valence-electron chi connectivity index (χ4n) is 1.09. The SMILES string of the molecule is C[C@@H]1CC[C@H]1CN.Cl. The van der Waals surface area contributed by atoms with E-state index in [2.05, 4.69) is 6.92 Å². The lowest BCUT2D eigenvalue weighted by Crippen LogP contribution is -2.29. The van der Waals surface area contributed by atoms with Crippen molar-refractivity contribution >= 4 is 12.4 Å². The summed E-state index contributed by atoms with van der Waals surface area (Å²) in [6.07, 6.45) is 2.78. The summed E-state index contributed by atoms with van der Waals surface area (Å²) in [4.78, 5) is 0. The number of hydrogen-bond donors (Lipinski definition) is 1. The van der Waals surface area contributed by atoms with E-state index in [0.717, 1.165) is 18.4 Å². The van der Waals surface area contributed by atoms with Gasteiger partial charge >= 0.3 is 0 Å². The highest BCUT2D eigenvalue weighted by Gasteiger charge is 2.24. The van der Waals surface area contributed by atoms with Crippen molar-refractivity contribution in [1.82, 2.24) is 0 Å². The van der Waals surface area contributed by atoms with Gasteiger partial charge < -0.3 is 5.73 Å². The molecule has 1 aliphatic rings. The molecule has 0 heterocycles. The smallest absolute Gasteiger partial charge is 0.00463 e. The van der Waals surface area contributed by atoms with Gasteiger partial charge in [0.2, 0.25) is 0 Å². The van der Waals surface area contributed by atoms with E-state index < -0.39 is 0 Å². The van der Waals surface area contributed by atoms with Crippen molar-refractivity contribution in [3.63, 3.8) is 0 Å². The second kappa shape index (κ2) is 3.31. The van der Waals surface area contributed by atoms with Gasteiger partial charge in [0.15, 0.2) is 0 Å². The van der Waals surface area contributed by atoms with Gasteiger partial charge in [0.1, 0.15) is 0 Å². The van der Waals surface area contributed by atoms with Gasteiger partial charge in [0.25, 0.3) is 0 Å². The summed E-state index contributed by atoms with van der Waals surface area (Å²) < 4.78 is 0. The highest BCUT2D eigenvalue weighted by atomic mass is 35.5. The third kappa shape index (κ3) is 1.36. The van der Waals surface area contributed by atoms with Crippen molar-refractivity contribution in [2.45, 2.75) is 19.8 Å². The number of rotatable bonds is 1. The molecule has 0 aromatic heterocycles. The topological polar surface area (TPSA) is 26.0 Å². The van der Waals surface area contributed by atoms with Crippen molar-refractivity contribution in [3.05, 3.63) is 0 Å². The second-order valence-corrected chi connectivity index (χ2v) is 2.55. The molecule has 0 aliphatic heterocycles. The first-order chi connectivity index (χ1) is 3.34. The Bertz CT molecular complexity index is 63.5. The van der Waals surface area contributed by atoms with Crippen LogP contribution in [0.25, 0.3) is 0 Å². The lowest BCUT2D eigenvalue weighted by Gasteiger charge is -2.32. The maximum atomic E-state index is 5.42. The molecule has 0 saturated heterocycles. The van der Waals surface area contributed by atoms with E-state index in [9.17, 15) is 0 Å². The van der Waals surface area contributed by atoms with E-state index in [1.165, 1.54) is 12.8 Å². The predicted octanol–water partition coefficient (Wildman–Crippen LogP) is 1.41. The number of halogens is 1. The average Bonchev–Trinajstić information content (AvgIpc) is 1.65. The van der Waals surface area contributed by atoms with Crippen molar-refractivity contribution in [1.29, 1.82) is 0 Å². The Labute approximate surface area is 57.1 Å². The lowest BCUT2D eigenvalue weighted by molar-refractivity contribution is 0.205. The summed E-state index contributed by atoms with van der Waals surface area (Å²) in [6, 6.07) is 0. The molecule has 2 N–H and O–H groups in total. The van der Waals surface area contributed by atoms with E-state index in [1.807, 2.05) is 0 Å². The molecule has 0 aromatic carbocycles. The molecule has 0 radical (unpaired) electrons. The van der Waals surface area contributed by atoms with E-state index in [0.29, 0.717) is 0 Å². The van der Waals surface area contributed by atoms with Crippen LogP contribution in [0, 0.1) is 11.8 Å². The van der Waals surface area contributed by atoms with Crippen molar-refractivity contribution < 1.29 is 0 Å². The van der Waals surface area contributed by atoms with E-state index in [-0.39, 0.29) is 12.4 Å². The fraction of sp³-hybridized carbons (Fsp3) is 1.00. The molecular weight excluding hydrogens is 122 g/mol. The molecule has 0 amide bonds. The fourth-order valence-corrected chi connectivity index (χ4v) is 1.09. The highest BCUT2D eigenvalue weighted by Crippen LogP contribution is 2.31. The zero-order valence-electron chi connectivity index (χ0n) is 5.26. The van der Waals surface area contributed by atoms with Crippen LogP contribution in [-0.4, -0.2) is 6.54 Å². The summed E-state index contributed by atoms with van der Waals surface area (Å²) in [5.74, 6) is 1.78. The lowest BCUT2D eigenvalue weighted by atomic mass is 9.75. The first-order valence-electron chi connectivity index (χ1n) is 3.04. The average molecular weight is 136 g/mol. The van der Waals surface area contributed by atoms with Crippen LogP contribution in [0.2, 0.25) is 0 Å². The first-order valence-corrected chi connectivity index (χ1v) is 3.04. The van der Waals surface area contributed by atoms with Crippen molar-refractivity contribution in [3.8, 4) is 0 Å². The Hall–Kier alpha value is 0.250. The predicted molar refractivity (Wildman–Crippen MR) is 38.2 cm³/mol. The van der Waals surface area contributed by atoms with Gasteiger partial charge in [-0.1, -0.05) is 13.3 Å². The molecule has 1 aliphatic carbocycles. The van der Waals surface area contributed by atoms with Gasteiger partial charge in [-0.3, -0.25) is 0 Å². The highest BCUT2D eigenvalue weighted by molar-refractivity contribution is 5.85. The number of nitrogens with two attached hydrogens (primary N) is 1. The summed E-state index contributed by atoms with van der Waals surface area (Å²) in [6.45, 7) is 3.18. The molecular formula is C6H14ClN.